The Labute approximate surface area is 110 Å². The van der Waals surface area contributed by atoms with Crippen LogP contribution in [0.3, 0.4) is 0 Å². The number of hydrogen-bond donors (Lipinski definition) is 0. The van der Waals surface area contributed by atoms with E-state index < -0.39 is 0 Å². The van der Waals surface area contributed by atoms with E-state index in [0.29, 0.717) is 6.04 Å². The molecule has 1 saturated heterocycles. The standard InChI is InChI=1S/C15H23NO2/c1-3-18-11-10-16-9-5-8-15(16)13-6-4-7-14(12-13)17-2/h4,6-7,12,15H,3,5,8-11H2,1-2H3. The van der Waals surface area contributed by atoms with Crippen LogP contribution in [-0.2, 0) is 4.74 Å². The zero-order chi connectivity index (χ0) is 12.8. The summed E-state index contributed by atoms with van der Waals surface area (Å²) in [6, 6.07) is 8.96. The molecule has 3 heteroatoms. The van der Waals surface area contributed by atoms with Gasteiger partial charge in [0.2, 0.25) is 0 Å². The highest BCUT2D eigenvalue weighted by atomic mass is 16.5. The molecule has 1 aromatic rings. The molecule has 0 saturated carbocycles. The fourth-order valence-electron chi connectivity index (χ4n) is 2.65. The third-order valence-electron chi connectivity index (χ3n) is 3.57. The zero-order valence-corrected chi connectivity index (χ0v) is 11.4. The smallest absolute Gasteiger partial charge is 0.119 e. The van der Waals surface area contributed by atoms with Gasteiger partial charge in [-0.1, -0.05) is 12.1 Å². The molecule has 0 aromatic heterocycles. The van der Waals surface area contributed by atoms with E-state index in [2.05, 4.69) is 23.1 Å². The summed E-state index contributed by atoms with van der Waals surface area (Å²) in [7, 11) is 1.72. The summed E-state index contributed by atoms with van der Waals surface area (Å²) in [5.74, 6) is 0.948. The van der Waals surface area contributed by atoms with Gasteiger partial charge in [-0.3, -0.25) is 4.90 Å². The van der Waals surface area contributed by atoms with Gasteiger partial charge in [-0.05, 0) is 44.0 Å². The molecule has 0 amide bonds. The Kier molecular flexibility index (Phi) is 5.02. The molecule has 1 unspecified atom stereocenters. The molecular formula is C15H23NO2. The highest BCUT2D eigenvalue weighted by molar-refractivity contribution is 5.31. The van der Waals surface area contributed by atoms with E-state index in [1.54, 1.807) is 7.11 Å². The van der Waals surface area contributed by atoms with E-state index in [0.717, 1.165) is 25.5 Å². The first-order chi connectivity index (χ1) is 8.85. The van der Waals surface area contributed by atoms with Crippen LogP contribution in [0.4, 0.5) is 0 Å². The minimum absolute atomic E-state index is 0.528. The third kappa shape index (κ3) is 3.24. The summed E-state index contributed by atoms with van der Waals surface area (Å²) in [5.41, 5.74) is 1.36. The Morgan fingerprint density at radius 1 is 1.39 bits per heavy atom. The summed E-state index contributed by atoms with van der Waals surface area (Å²) < 4.78 is 10.8. The van der Waals surface area contributed by atoms with Crippen LogP contribution in [-0.4, -0.2) is 38.3 Å². The molecule has 100 valence electrons. The highest BCUT2D eigenvalue weighted by Gasteiger charge is 2.25. The fraction of sp³-hybridized carbons (Fsp3) is 0.600. The lowest BCUT2D eigenvalue weighted by atomic mass is 10.0. The maximum absolute atomic E-state index is 5.46. The third-order valence-corrected chi connectivity index (χ3v) is 3.57. The topological polar surface area (TPSA) is 21.7 Å². The number of methoxy groups -OCH3 is 1. The van der Waals surface area contributed by atoms with Gasteiger partial charge in [0.05, 0.1) is 13.7 Å². The second-order valence-electron chi connectivity index (χ2n) is 4.67. The summed E-state index contributed by atoms with van der Waals surface area (Å²) in [6.07, 6.45) is 2.51. The van der Waals surface area contributed by atoms with Crippen molar-refractivity contribution in [1.82, 2.24) is 4.90 Å². The lowest BCUT2D eigenvalue weighted by Crippen LogP contribution is -2.27. The highest BCUT2D eigenvalue weighted by Crippen LogP contribution is 2.32. The van der Waals surface area contributed by atoms with Crippen LogP contribution in [0.2, 0.25) is 0 Å². The van der Waals surface area contributed by atoms with Gasteiger partial charge in [0.25, 0.3) is 0 Å². The van der Waals surface area contributed by atoms with Crippen LogP contribution >= 0.6 is 0 Å². The minimum Gasteiger partial charge on any atom is -0.497 e. The van der Waals surface area contributed by atoms with Crippen LogP contribution in [0.1, 0.15) is 31.4 Å². The monoisotopic (exact) mass is 249 g/mol. The molecule has 0 bridgehead atoms. The summed E-state index contributed by atoms with van der Waals surface area (Å²) in [5, 5.41) is 0. The first-order valence-electron chi connectivity index (χ1n) is 6.81. The second-order valence-corrected chi connectivity index (χ2v) is 4.67. The van der Waals surface area contributed by atoms with E-state index in [4.69, 9.17) is 9.47 Å². The molecule has 2 rings (SSSR count). The lowest BCUT2D eigenvalue weighted by Gasteiger charge is -2.24. The van der Waals surface area contributed by atoms with Crippen molar-refractivity contribution < 1.29 is 9.47 Å². The Balaban J connectivity index is 2.01. The van der Waals surface area contributed by atoms with E-state index in [9.17, 15) is 0 Å². The van der Waals surface area contributed by atoms with E-state index in [1.807, 2.05) is 13.0 Å². The molecule has 0 N–H and O–H groups in total. The molecule has 1 aliphatic rings. The minimum atomic E-state index is 0.528. The molecule has 3 nitrogen and oxygen atoms in total. The van der Waals surface area contributed by atoms with Crippen LogP contribution in [0.5, 0.6) is 5.75 Å². The average Bonchev–Trinajstić information content (AvgIpc) is 2.87. The molecule has 1 atom stereocenters. The number of nitrogens with zero attached hydrogens (tertiary/aromatic N) is 1. The molecule has 0 radical (unpaired) electrons. The number of hydrogen-bond acceptors (Lipinski definition) is 3. The Morgan fingerprint density at radius 3 is 3.06 bits per heavy atom. The van der Waals surface area contributed by atoms with Crippen molar-refractivity contribution in [2.24, 2.45) is 0 Å². The number of ether oxygens (including phenoxy) is 2. The fourth-order valence-corrected chi connectivity index (χ4v) is 2.65. The Morgan fingerprint density at radius 2 is 2.28 bits per heavy atom. The summed E-state index contributed by atoms with van der Waals surface area (Å²) in [4.78, 5) is 2.52. The van der Waals surface area contributed by atoms with Crippen molar-refractivity contribution in [3.8, 4) is 5.75 Å². The SMILES string of the molecule is CCOCCN1CCCC1c1cccc(OC)c1. The molecule has 18 heavy (non-hydrogen) atoms. The Hall–Kier alpha value is -1.06. The van der Waals surface area contributed by atoms with Crippen LogP contribution < -0.4 is 4.74 Å². The van der Waals surface area contributed by atoms with Gasteiger partial charge in [-0.2, -0.15) is 0 Å². The van der Waals surface area contributed by atoms with Gasteiger partial charge >= 0.3 is 0 Å². The van der Waals surface area contributed by atoms with Crippen molar-refractivity contribution >= 4 is 0 Å². The predicted molar refractivity (Wildman–Crippen MR) is 73.0 cm³/mol. The number of rotatable bonds is 6. The van der Waals surface area contributed by atoms with Crippen LogP contribution in [0.25, 0.3) is 0 Å². The van der Waals surface area contributed by atoms with Crippen molar-refractivity contribution in [2.45, 2.75) is 25.8 Å². The normalized spacial score (nSPS) is 20.2. The molecule has 1 heterocycles. The van der Waals surface area contributed by atoms with Crippen LogP contribution in [0.15, 0.2) is 24.3 Å². The van der Waals surface area contributed by atoms with Crippen molar-refractivity contribution in [3.63, 3.8) is 0 Å². The molecule has 1 fully saturated rings. The first-order valence-corrected chi connectivity index (χ1v) is 6.81. The van der Waals surface area contributed by atoms with Gasteiger partial charge in [0.15, 0.2) is 0 Å². The van der Waals surface area contributed by atoms with Crippen molar-refractivity contribution in [2.75, 3.05) is 33.4 Å². The van der Waals surface area contributed by atoms with E-state index in [-0.39, 0.29) is 0 Å². The maximum Gasteiger partial charge on any atom is 0.119 e. The molecule has 0 spiro atoms. The molecule has 1 aromatic carbocycles. The molecule has 1 aliphatic heterocycles. The van der Waals surface area contributed by atoms with Gasteiger partial charge in [-0.25, -0.2) is 0 Å². The summed E-state index contributed by atoms with van der Waals surface area (Å²) >= 11 is 0. The summed E-state index contributed by atoms with van der Waals surface area (Å²) in [6.45, 7) is 5.88. The van der Waals surface area contributed by atoms with Crippen molar-refractivity contribution in [1.29, 1.82) is 0 Å². The second kappa shape index (κ2) is 6.76. The number of likely N-dealkylation sites (tertiary alicyclic amines) is 1. The number of benzene rings is 1. The van der Waals surface area contributed by atoms with Crippen LogP contribution in [0, 0.1) is 0 Å². The molecular weight excluding hydrogens is 226 g/mol. The lowest BCUT2D eigenvalue weighted by molar-refractivity contribution is 0.108. The van der Waals surface area contributed by atoms with Crippen molar-refractivity contribution in [3.05, 3.63) is 29.8 Å². The van der Waals surface area contributed by atoms with Gasteiger partial charge < -0.3 is 9.47 Å². The van der Waals surface area contributed by atoms with Gasteiger partial charge in [0.1, 0.15) is 5.75 Å². The quantitative estimate of drug-likeness (QED) is 0.724. The zero-order valence-electron chi connectivity index (χ0n) is 11.4. The van der Waals surface area contributed by atoms with Gasteiger partial charge in [0, 0.05) is 19.2 Å². The maximum atomic E-state index is 5.46. The first kappa shape index (κ1) is 13.4. The van der Waals surface area contributed by atoms with E-state index >= 15 is 0 Å². The predicted octanol–water partition coefficient (Wildman–Crippen LogP) is 2.87. The average molecular weight is 249 g/mol. The van der Waals surface area contributed by atoms with Gasteiger partial charge in [-0.15, -0.1) is 0 Å². The Bertz CT molecular complexity index is 367. The molecule has 0 aliphatic carbocycles. The largest absolute Gasteiger partial charge is 0.497 e. The van der Waals surface area contributed by atoms with E-state index in [1.165, 1.54) is 24.9 Å².